The molecule has 0 saturated heterocycles. The van der Waals surface area contributed by atoms with E-state index in [0.717, 1.165) is 6.07 Å². The Hall–Kier alpha value is -2.73. The van der Waals surface area contributed by atoms with E-state index < -0.39 is 16.6 Å². The number of anilines is 1. The van der Waals surface area contributed by atoms with E-state index in [2.05, 4.69) is 6.58 Å². The topological polar surface area (TPSA) is 63.5 Å². The molecule has 0 aliphatic rings. The van der Waals surface area contributed by atoms with E-state index in [4.69, 9.17) is 11.6 Å². The summed E-state index contributed by atoms with van der Waals surface area (Å²) in [5, 5.41) is 11.0. The fraction of sp³-hybridized carbons (Fsp3) is 0.0625. The summed E-state index contributed by atoms with van der Waals surface area (Å²) >= 11 is 6.00. The molecule has 0 bridgehead atoms. The average Bonchev–Trinajstić information content (AvgIpc) is 2.53. The lowest BCUT2D eigenvalue weighted by molar-refractivity contribution is -0.384. The highest BCUT2D eigenvalue weighted by molar-refractivity contribution is 6.34. The van der Waals surface area contributed by atoms with Crippen molar-refractivity contribution in [1.82, 2.24) is 0 Å². The van der Waals surface area contributed by atoms with E-state index in [1.165, 1.54) is 47.4 Å². The third-order valence-electron chi connectivity index (χ3n) is 3.09. The van der Waals surface area contributed by atoms with Gasteiger partial charge in [0.2, 0.25) is 0 Å². The molecule has 2 rings (SSSR count). The molecule has 0 heterocycles. The van der Waals surface area contributed by atoms with E-state index >= 15 is 0 Å². The van der Waals surface area contributed by atoms with E-state index in [1.807, 2.05) is 0 Å². The highest BCUT2D eigenvalue weighted by atomic mass is 35.5. The number of carbonyl (C=O) groups is 1. The van der Waals surface area contributed by atoms with Gasteiger partial charge in [0.05, 0.1) is 15.5 Å². The van der Waals surface area contributed by atoms with Gasteiger partial charge >= 0.3 is 0 Å². The lowest BCUT2D eigenvalue weighted by atomic mass is 10.1. The Kier molecular flexibility index (Phi) is 5.08. The molecule has 23 heavy (non-hydrogen) atoms. The summed E-state index contributed by atoms with van der Waals surface area (Å²) in [5.74, 6) is -0.974. The van der Waals surface area contributed by atoms with Gasteiger partial charge < -0.3 is 4.90 Å². The molecule has 118 valence electrons. The fourth-order valence-corrected chi connectivity index (χ4v) is 2.19. The normalized spacial score (nSPS) is 10.2. The summed E-state index contributed by atoms with van der Waals surface area (Å²) in [6, 6.07) is 8.92. The largest absolute Gasteiger partial charge is 0.305 e. The van der Waals surface area contributed by atoms with Gasteiger partial charge in [-0.2, -0.15) is 0 Å². The number of amides is 1. The summed E-state index contributed by atoms with van der Waals surface area (Å²) in [7, 11) is 0. The van der Waals surface area contributed by atoms with Crippen LogP contribution in [0.3, 0.4) is 0 Å². The van der Waals surface area contributed by atoms with Crippen molar-refractivity contribution in [2.24, 2.45) is 0 Å². The molecule has 0 radical (unpaired) electrons. The van der Waals surface area contributed by atoms with Crippen molar-refractivity contribution in [3.05, 3.63) is 81.6 Å². The molecule has 0 aliphatic heterocycles. The molecular formula is C16H12ClFN2O3. The molecule has 0 aromatic heterocycles. The summed E-state index contributed by atoms with van der Waals surface area (Å²) in [6.45, 7) is 3.72. The van der Waals surface area contributed by atoms with Crippen LogP contribution < -0.4 is 4.90 Å². The average molecular weight is 335 g/mol. The number of benzene rings is 2. The smallest absolute Gasteiger partial charge is 0.270 e. The molecule has 0 N–H and O–H groups in total. The van der Waals surface area contributed by atoms with Gasteiger partial charge in [-0.3, -0.25) is 14.9 Å². The van der Waals surface area contributed by atoms with Gasteiger partial charge in [0, 0.05) is 24.4 Å². The van der Waals surface area contributed by atoms with Crippen LogP contribution in [-0.4, -0.2) is 17.4 Å². The number of non-ortho nitro benzene ring substituents is 1. The summed E-state index contributed by atoms with van der Waals surface area (Å²) in [5.41, 5.74) is 0.182. The van der Waals surface area contributed by atoms with Crippen molar-refractivity contribution in [2.75, 3.05) is 11.4 Å². The number of rotatable bonds is 5. The zero-order valence-corrected chi connectivity index (χ0v) is 12.7. The molecular weight excluding hydrogens is 323 g/mol. The van der Waals surface area contributed by atoms with Crippen molar-refractivity contribution < 1.29 is 14.1 Å². The van der Waals surface area contributed by atoms with Gasteiger partial charge in [0.15, 0.2) is 0 Å². The van der Waals surface area contributed by atoms with Crippen LogP contribution in [0.25, 0.3) is 0 Å². The lowest BCUT2D eigenvalue weighted by Crippen LogP contribution is -2.31. The molecule has 2 aromatic rings. The van der Waals surface area contributed by atoms with Crippen molar-refractivity contribution in [1.29, 1.82) is 0 Å². The van der Waals surface area contributed by atoms with Gasteiger partial charge in [-0.1, -0.05) is 17.7 Å². The molecule has 0 spiro atoms. The van der Waals surface area contributed by atoms with Crippen LogP contribution in [0.5, 0.6) is 0 Å². The van der Waals surface area contributed by atoms with Gasteiger partial charge in [-0.05, 0) is 30.3 Å². The van der Waals surface area contributed by atoms with Crippen LogP contribution >= 0.6 is 11.6 Å². The molecule has 5 nitrogen and oxygen atoms in total. The minimum absolute atomic E-state index is 0.00737. The Labute approximate surface area is 136 Å². The molecule has 0 atom stereocenters. The highest BCUT2D eigenvalue weighted by Crippen LogP contribution is 2.26. The SMILES string of the molecule is C=CCN(C(=O)c1cc([N+](=O)[O-])ccc1Cl)c1ccc(F)cc1. The van der Waals surface area contributed by atoms with Gasteiger partial charge in [-0.25, -0.2) is 4.39 Å². The number of halogens is 2. The Balaban J connectivity index is 2.45. The molecule has 0 saturated carbocycles. The molecule has 0 unspecified atom stereocenters. The Bertz CT molecular complexity index is 762. The first-order chi connectivity index (χ1) is 10.9. The Morgan fingerprint density at radius 2 is 1.96 bits per heavy atom. The van der Waals surface area contributed by atoms with Crippen molar-refractivity contribution in [3.63, 3.8) is 0 Å². The second-order valence-corrected chi connectivity index (χ2v) is 5.01. The predicted octanol–water partition coefficient (Wildman–Crippen LogP) is 4.22. The predicted molar refractivity (Wildman–Crippen MR) is 86.4 cm³/mol. The van der Waals surface area contributed by atoms with Gasteiger partial charge in [-0.15, -0.1) is 6.58 Å². The van der Waals surface area contributed by atoms with Gasteiger partial charge in [0.25, 0.3) is 11.6 Å². The van der Waals surface area contributed by atoms with Crippen LogP contribution in [0.4, 0.5) is 15.8 Å². The number of nitro benzene ring substituents is 1. The molecule has 0 fully saturated rings. The maximum absolute atomic E-state index is 13.0. The first kappa shape index (κ1) is 16.6. The van der Waals surface area contributed by atoms with Crippen LogP contribution in [0, 0.1) is 15.9 Å². The molecule has 1 amide bonds. The van der Waals surface area contributed by atoms with Crippen LogP contribution in [-0.2, 0) is 0 Å². The zero-order chi connectivity index (χ0) is 17.0. The van der Waals surface area contributed by atoms with Gasteiger partial charge in [0.1, 0.15) is 5.82 Å². The highest BCUT2D eigenvalue weighted by Gasteiger charge is 2.22. The van der Waals surface area contributed by atoms with Crippen LogP contribution in [0.1, 0.15) is 10.4 Å². The molecule has 2 aromatic carbocycles. The number of hydrogen-bond acceptors (Lipinski definition) is 3. The van der Waals surface area contributed by atoms with Crippen molar-refractivity contribution in [2.45, 2.75) is 0 Å². The lowest BCUT2D eigenvalue weighted by Gasteiger charge is -2.21. The first-order valence-corrected chi connectivity index (χ1v) is 6.94. The number of nitrogens with zero attached hydrogens (tertiary/aromatic N) is 2. The third kappa shape index (κ3) is 3.73. The number of hydrogen-bond donors (Lipinski definition) is 0. The molecule has 7 heteroatoms. The number of carbonyl (C=O) groups excluding carboxylic acids is 1. The second kappa shape index (κ2) is 7.02. The standard InChI is InChI=1S/C16H12ClFN2O3/c1-2-9-19(12-5-3-11(18)4-6-12)16(21)14-10-13(20(22)23)7-8-15(14)17/h2-8,10H,1,9H2. The Morgan fingerprint density at radius 3 is 2.52 bits per heavy atom. The minimum Gasteiger partial charge on any atom is -0.305 e. The minimum atomic E-state index is -0.608. The van der Waals surface area contributed by atoms with Crippen LogP contribution in [0.2, 0.25) is 5.02 Å². The van der Waals surface area contributed by atoms with E-state index in [0.29, 0.717) is 5.69 Å². The van der Waals surface area contributed by atoms with Crippen LogP contribution in [0.15, 0.2) is 55.1 Å². The quantitative estimate of drug-likeness (QED) is 0.467. The fourth-order valence-electron chi connectivity index (χ4n) is 1.99. The zero-order valence-electron chi connectivity index (χ0n) is 11.9. The van der Waals surface area contributed by atoms with E-state index in [1.54, 1.807) is 0 Å². The van der Waals surface area contributed by atoms with Crippen molar-refractivity contribution in [3.8, 4) is 0 Å². The summed E-state index contributed by atoms with van der Waals surface area (Å²) < 4.78 is 13.0. The molecule has 0 aliphatic carbocycles. The monoisotopic (exact) mass is 334 g/mol. The van der Waals surface area contributed by atoms with E-state index in [-0.39, 0.29) is 22.8 Å². The summed E-state index contributed by atoms with van der Waals surface area (Å²) in [4.78, 5) is 24.3. The summed E-state index contributed by atoms with van der Waals surface area (Å²) in [6.07, 6.45) is 1.49. The first-order valence-electron chi connectivity index (χ1n) is 6.56. The van der Waals surface area contributed by atoms with E-state index in [9.17, 15) is 19.3 Å². The number of nitro groups is 1. The third-order valence-corrected chi connectivity index (χ3v) is 3.42. The van der Waals surface area contributed by atoms with Crippen molar-refractivity contribution >= 4 is 28.9 Å². The Morgan fingerprint density at radius 1 is 1.30 bits per heavy atom. The maximum atomic E-state index is 13.0. The maximum Gasteiger partial charge on any atom is 0.270 e. The second-order valence-electron chi connectivity index (χ2n) is 4.60.